The monoisotopic (exact) mass is 367 g/mol. The molecule has 3 heteroatoms. The van der Waals surface area contributed by atoms with E-state index in [1.165, 1.54) is 11.1 Å². The molecule has 0 fully saturated rings. The van der Waals surface area contributed by atoms with Gasteiger partial charge >= 0.3 is 0 Å². The van der Waals surface area contributed by atoms with Gasteiger partial charge in [-0.05, 0) is 36.1 Å². The van der Waals surface area contributed by atoms with E-state index in [9.17, 15) is 0 Å². The predicted molar refractivity (Wildman–Crippen MR) is 116 cm³/mol. The molecule has 0 aliphatic heterocycles. The van der Waals surface area contributed by atoms with Crippen LogP contribution in [0.4, 0.5) is 0 Å². The van der Waals surface area contributed by atoms with Gasteiger partial charge in [0, 0.05) is 16.8 Å². The van der Waals surface area contributed by atoms with Crippen LogP contribution in [0, 0.1) is 6.92 Å². The molecule has 1 aromatic heterocycles. The fraction of sp³-hybridized carbons (Fsp3) is 0.200. The molecule has 0 bridgehead atoms. The van der Waals surface area contributed by atoms with Gasteiger partial charge in [0.25, 0.3) is 0 Å². The summed E-state index contributed by atoms with van der Waals surface area (Å²) < 4.78 is 2.14. The molecule has 140 valence electrons. The molecule has 0 unspecified atom stereocenters. The van der Waals surface area contributed by atoms with Gasteiger partial charge in [0.2, 0.25) is 0 Å². The zero-order valence-electron chi connectivity index (χ0n) is 16.8. The summed E-state index contributed by atoms with van der Waals surface area (Å²) in [5.74, 6) is 1.70. The van der Waals surface area contributed by atoms with Crippen molar-refractivity contribution in [1.82, 2.24) is 14.8 Å². The molecule has 3 nitrogen and oxygen atoms in total. The van der Waals surface area contributed by atoms with Gasteiger partial charge in [0.15, 0.2) is 11.6 Å². The third-order valence-corrected chi connectivity index (χ3v) is 4.96. The SMILES string of the molecule is Cc1cccc(-c2nnc(-c3ccc(C(C)(C)C)cc3)n2-c2ccccc2)c1. The van der Waals surface area contributed by atoms with Gasteiger partial charge in [-0.2, -0.15) is 0 Å². The molecular formula is C25H25N3. The summed E-state index contributed by atoms with van der Waals surface area (Å²) in [5, 5.41) is 9.14. The lowest BCUT2D eigenvalue weighted by Gasteiger charge is -2.19. The Hall–Kier alpha value is -3.20. The average Bonchev–Trinajstić information content (AvgIpc) is 3.13. The highest BCUT2D eigenvalue weighted by molar-refractivity contribution is 5.67. The van der Waals surface area contributed by atoms with E-state index in [2.05, 4.69) is 103 Å². The maximum Gasteiger partial charge on any atom is 0.168 e. The Morgan fingerprint density at radius 3 is 1.93 bits per heavy atom. The van der Waals surface area contributed by atoms with Crippen LogP contribution in [0.2, 0.25) is 0 Å². The lowest BCUT2D eigenvalue weighted by Crippen LogP contribution is -2.10. The Morgan fingerprint density at radius 1 is 0.679 bits per heavy atom. The molecule has 0 radical (unpaired) electrons. The van der Waals surface area contributed by atoms with E-state index >= 15 is 0 Å². The molecule has 1 heterocycles. The van der Waals surface area contributed by atoms with Crippen molar-refractivity contribution >= 4 is 0 Å². The zero-order valence-corrected chi connectivity index (χ0v) is 16.8. The fourth-order valence-electron chi connectivity index (χ4n) is 3.38. The number of nitrogens with zero attached hydrogens (tertiary/aromatic N) is 3. The lowest BCUT2D eigenvalue weighted by molar-refractivity contribution is 0.590. The summed E-state index contributed by atoms with van der Waals surface area (Å²) in [7, 11) is 0. The summed E-state index contributed by atoms with van der Waals surface area (Å²) in [5.41, 5.74) is 5.81. The standard InChI is InChI=1S/C25H25N3/c1-18-9-8-10-20(17-18)24-27-26-23(28(24)22-11-6-5-7-12-22)19-13-15-21(16-14-19)25(2,3)4/h5-17H,1-4H3. The molecule has 0 aliphatic carbocycles. The molecule has 0 amide bonds. The van der Waals surface area contributed by atoms with Gasteiger partial charge < -0.3 is 0 Å². The Kier molecular flexibility index (Phi) is 4.60. The van der Waals surface area contributed by atoms with Crippen molar-refractivity contribution in [3.05, 3.63) is 90.0 Å². The number of aryl methyl sites for hydroxylation is 1. The maximum atomic E-state index is 4.57. The number of para-hydroxylation sites is 1. The smallest absolute Gasteiger partial charge is 0.168 e. The van der Waals surface area contributed by atoms with E-state index in [0.717, 1.165) is 28.5 Å². The molecule has 0 atom stereocenters. The van der Waals surface area contributed by atoms with E-state index in [-0.39, 0.29) is 5.41 Å². The Bertz CT molecular complexity index is 1080. The third kappa shape index (κ3) is 3.48. The predicted octanol–water partition coefficient (Wildman–Crippen LogP) is 6.21. The van der Waals surface area contributed by atoms with Crippen molar-refractivity contribution in [3.63, 3.8) is 0 Å². The van der Waals surface area contributed by atoms with Gasteiger partial charge in [0.1, 0.15) is 0 Å². The topological polar surface area (TPSA) is 30.7 Å². The second-order valence-corrected chi connectivity index (χ2v) is 8.22. The molecule has 0 aliphatic rings. The second kappa shape index (κ2) is 7.08. The highest BCUT2D eigenvalue weighted by Gasteiger charge is 2.18. The van der Waals surface area contributed by atoms with E-state index in [0.29, 0.717) is 0 Å². The van der Waals surface area contributed by atoms with Crippen LogP contribution in [0.25, 0.3) is 28.5 Å². The van der Waals surface area contributed by atoms with Crippen LogP contribution in [0.5, 0.6) is 0 Å². The van der Waals surface area contributed by atoms with Gasteiger partial charge in [-0.15, -0.1) is 10.2 Å². The number of hydrogen-bond acceptors (Lipinski definition) is 2. The Morgan fingerprint density at radius 2 is 1.32 bits per heavy atom. The number of hydrogen-bond donors (Lipinski definition) is 0. The molecular weight excluding hydrogens is 342 g/mol. The number of aromatic nitrogens is 3. The highest BCUT2D eigenvalue weighted by Crippen LogP contribution is 2.30. The van der Waals surface area contributed by atoms with Crippen LogP contribution < -0.4 is 0 Å². The minimum atomic E-state index is 0.123. The first-order valence-corrected chi connectivity index (χ1v) is 9.62. The van der Waals surface area contributed by atoms with E-state index < -0.39 is 0 Å². The quantitative estimate of drug-likeness (QED) is 0.431. The van der Waals surface area contributed by atoms with Crippen LogP contribution in [0.1, 0.15) is 31.9 Å². The normalized spacial score (nSPS) is 11.6. The van der Waals surface area contributed by atoms with Crippen molar-refractivity contribution in [2.45, 2.75) is 33.1 Å². The number of benzene rings is 3. The lowest BCUT2D eigenvalue weighted by atomic mass is 9.86. The first-order valence-electron chi connectivity index (χ1n) is 9.62. The highest BCUT2D eigenvalue weighted by atomic mass is 15.3. The zero-order chi connectivity index (χ0) is 19.7. The largest absolute Gasteiger partial charge is 0.275 e. The van der Waals surface area contributed by atoms with Crippen molar-refractivity contribution in [2.24, 2.45) is 0 Å². The van der Waals surface area contributed by atoms with Crippen LogP contribution in [-0.2, 0) is 5.41 Å². The van der Waals surface area contributed by atoms with Crippen LogP contribution >= 0.6 is 0 Å². The first-order chi connectivity index (χ1) is 13.4. The Balaban J connectivity index is 1.89. The summed E-state index contributed by atoms with van der Waals surface area (Å²) in [4.78, 5) is 0. The molecule has 28 heavy (non-hydrogen) atoms. The van der Waals surface area contributed by atoms with Crippen molar-refractivity contribution in [3.8, 4) is 28.5 Å². The summed E-state index contributed by atoms with van der Waals surface area (Å²) in [6, 6.07) is 27.3. The van der Waals surface area contributed by atoms with E-state index in [1.54, 1.807) is 0 Å². The molecule has 0 spiro atoms. The second-order valence-electron chi connectivity index (χ2n) is 8.22. The molecule has 0 N–H and O–H groups in total. The maximum absolute atomic E-state index is 4.57. The van der Waals surface area contributed by atoms with Gasteiger partial charge in [-0.3, -0.25) is 4.57 Å². The minimum Gasteiger partial charge on any atom is -0.275 e. The summed E-state index contributed by atoms with van der Waals surface area (Å²) in [6.07, 6.45) is 0. The van der Waals surface area contributed by atoms with Gasteiger partial charge in [0.05, 0.1) is 0 Å². The molecule has 4 aromatic rings. The third-order valence-electron chi connectivity index (χ3n) is 4.96. The van der Waals surface area contributed by atoms with Gasteiger partial charge in [-0.1, -0.05) is 87.0 Å². The van der Waals surface area contributed by atoms with Crippen molar-refractivity contribution in [2.75, 3.05) is 0 Å². The first kappa shape index (κ1) is 18.2. The fourth-order valence-corrected chi connectivity index (χ4v) is 3.38. The van der Waals surface area contributed by atoms with Crippen molar-refractivity contribution < 1.29 is 0 Å². The van der Waals surface area contributed by atoms with Crippen LogP contribution in [0.15, 0.2) is 78.9 Å². The Labute approximate surface area is 166 Å². The van der Waals surface area contributed by atoms with Crippen molar-refractivity contribution in [1.29, 1.82) is 0 Å². The van der Waals surface area contributed by atoms with Gasteiger partial charge in [-0.25, -0.2) is 0 Å². The molecule has 0 saturated heterocycles. The van der Waals surface area contributed by atoms with Crippen LogP contribution in [0.3, 0.4) is 0 Å². The molecule has 3 aromatic carbocycles. The molecule has 4 rings (SSSR count). The summed E-state index contributed by atoms with van der Waals surface area (Å²) in [6.45, 7) is 8.78. The average molecular weight is 367 g/mol. The number of rotatable bonds is 3. The van der Waals surface area contributed by atoms with Crippen LogP contribution in [-0.4, -0.2) is 14.8 Å². The summed E-state index contributed by atoms with van der Waals surface area (Å²) >= 11 is 0. The minimum absolute atomic E-state index is 0.123. The van der Waals surface area contributed by atoms with E-state index in [1.807, 2.05) is 18.2 Å². The van der Waals surface area contributed by atoms with E-state index in [4.69, 9.17) is 0 Å². The molecule has 0 saturated carbocycles.